The number of nitrogens with zero attached hydrogens (tertiary/aromatic N) is 1. The molecule has 108 valence electrons. The van der Waals surface area contributed by atoms with Crippen LogP contribution >= 0.6 is 0 Å². The molecule has 1 atom stereocenters. The zero-order valence-electron chi connectivity index (χ0n) is 13.1. The second-order valence-electron chi connectivity index (χ2n) is 5.69. The smallest absolute Gasteiger partial charge is 0.239 e. The highest BCUT2D eigenvalue weighted by atomic mass is 16.2. The van der Waals surface area contributed by atoms with Gasteiger partial charge in [0.25, 0.3) is 0 Å². The minimum absolute atomic E-state index is 0.0582. The summed E-state index contributed by atoms with van der Waals surface area (Å²) in [4.78, 5) is 14.2. The summed E-state index contributed by atoms with van der Waals surface area (Å²) >= 11 is 0. The second-order valence-corrected chi connectivity index (χ2v) is 5.69. The molecule has 0 aliphatic heterocycles. The van der Waals surface area contributed by atoms with Crippen molar-refractivity contribution < 1.29 is 4.79 Å². The number of hydrogen-bond acceptors (Lipinski definition) is 3. The number of likely N-dealkylation sites (N-methyl/N-ethyl adjacent to an activating group) is 2. The Morgan fingerprint density at radius 1 is 1.22 bits per heavy atom. The maximum atomic E-state index is 12.0. The third kappa shape index (κ3) is 4.94. The van der Waals surface area contributed by atoms with Gasteiger partial charge in [0, 0.05) is 12.6 Å². The molecule has 0 aromatic rings. The van der Waals surface area contributed by atoms with Gasteiger partial charge in [0.1, 0.15) is 0 Å². The third-order valence-corrected chi connectivity index (χ3v) is 3.92. The van der Waals surface area contributed by atoms with Crippen molar-refractivity contribution in [2.24, 2.45) is 5.92 Å². The van der Waals surface area contributed by atoms with Gasteiger partial charge in [-0.05, 0) is 40.9 Å². The van der Waals surface area contributed by atoms with Crippen LogP contribution in [0.25, 0.3) is 0 Å². The predicted octanol–water partition coefficient (Wildman–Crippen LogP) is 1.47. The van der Waals surface area contributed by atoms with E-state index in [4.69, 9.17) is 0 Å². The van der Waals surface area contributed by atoms with E-state index in [2.05, 4.69) is 43.5 Å². The van der Waals surface area contributed by atoms with Gasteiger partial charge in [-0.15, -0.1) is 0 Å². The summed E-state index contributed by atoms with van der Waals surface area (Å²) in [5.74, 6) is 0.681. The van der Waals surface area contributed by atoms with Crippen LogP contribution in [-0.2, 0) is 4.79 Å². The molecule has 0 fully saturated rings. The van der Waals surface area contributed by atoms with Gasteiger partial charge >= 0.3 is 0 Å². The molecular weight excluding hydrogens is 226 g/mol. The van der Waals surface area contributed by atoms with E-state index in [-0.39, 0.29) is 5.91 Å². The first kappa shape index (κ1) is 17.4. The third-order valence-electron chi connectivity index (χ3n) is 3.92. The normalized spacial score (nSPS) is 14.1. The summed E-state index contributed by atoms with van der Waals surface area (Å²) in [5, 5.41) is 6.09. The second kappa shape index (κ2) is 7.74. The molecular formula is C14H31N3O. The molecule has 0 saturated carbocycles. The van der Waals surface area contributed by atoms with Crippen LogP contribution in [0.5, 0.6) is 0 Å². The maximum absolute atomic E-state index is 12.0. The summed E-state index contributed by atoms with van der Waals surface area (Å²) in [6, 6.07) is 0.400. The van der Waals surface area contributed by atoms with Crippen LogP contribution in [0.3, 0.4) is 0 Å². The lowest BCUT2D eigenvalue weighted by Crippen LogP contribution is -2.54. The average molecular weight is 257 g/mol. The lowest BCUT2D eigenvalue weighted by molar-refractivity contribution is -0.126. The van der Waals surface area contributed by atoms with Crippen molar-refractivity contribution in [1.82, 2.24) is 15.5 Å². The fourth-order valence-corrected chi connectivity index (χ4v) is 2.14. The van der Waals surface area contributed by atoms with Crippen molar-refractivity contribution in [3.8, 4) is 0 Å². The molecule has 0 aromatic carbocycles. The van der Waals surface area contributed by atoms with Crippen LogP contribution in [0.2, 0.25) is 0 Å². The minimum Gasteiger partial charge on any atom is -0.353 e. The molecule has 1 unspecified atom stereocenters. The molecule has 0 heterocycles. The lowest BCUT2D eigenvalue weighted by Gasteiger charge is -2.33. The summed E-state index contributed by atoms with van der Waals surface area (Å²) in [7, 11) is 5.97. The van der Waals surface area contributed by atoms with Crippen LogP contribution in [-0.4, -0.2) is 50.1 Å². The van der Waals surface area contributed by atoms with Crippen LogP contribution in [0.15, 0.2) is 0 Å². The Balaban J connectivity index is 4.50. The number of carbonyl (C=O) groups is 1. The Morgan fingerprint density at radius 2 is 1.72 bits per heavy atom. The Morgan fingerprint density at radius 3 is 2.06 bits per heavy atom. The molecule has 0 spiro atoms. The largest absolute Gasteiger partial charge is 0.353 e. The highest BCUT2D eigenvalue weighted by Crippen LogP contribution is 2.16. The monoisotopic (exact) mass is 257 g/mol. The van der Waals surface area contributed by atoms with Crippen LogP contribution in [0, 0.1) is 5.92 Å². The minimum atomic E-state index is -0.509. The lowest BCUT2D eigenvalue weighted by atomic mass is 9.93. The fourth-order valence-electron chi connectivity index (χ4n) is 2.14. The van der Waals surface area contributed by atoms with Crippen molar-refractivity contribution in [2.75, 3.05) is 27.7 Å². The van der Waals surface area contributed by atoms with Crippen LogP contribution in [0.1, 0.15) is 40.5 Å². The Labute approximate surface area is 113 Å². The van der Waals surface area contributed by atoms with Gasteiger partial charge in [0.05, 0.1) is 5.54 Å². The molecule has 18 heavy (non-hydrogen) atoms. The van der Waals surface area contributed by atoms with Gasteiger partial charge < -0.3 is 15.5 Å². The predicted molar refractivity (Wildman–Crippen MR) is 77.7 cm³/mol. The Bertz CT molecular complexity index is 247. The van der Waals surface area contributed by atoms with Crippen molar-refractivity contribution in [2.45, 2.75) is 52.1 Å². The van der Waals surface area contributed by atoms with E-state index in [1.165, 1.54) is 0 Å². The summed E-state index contributed by atoms with van der Waals surface area (Å²) < 4.78 is 0. The van der Waals surface area contributed by atoms with Crippen molar-refractivity contribution in [1.29, 1.82) is 0 Å². The summed E-state index contributed by atoms with van der Waals surface area (Å²) in [6.07, 6.45) is 2.29. The molecule has 0 rings (SSSR count). The van der Waals surface area contributed by atoms with E-state index in [0.717, 1.165) is 12.8 Å². The first-order chi connectivity index (χ1) is 8.30. The topological polar surface area (TPSA) is 44.4 Å². The Kier molecular flexibility index (Phi) is 7.48. The molecule has 0 aromatic heterocycles. The summed E-state index contributed by atoms with van der Waals surface area (Å²) in [6.45, 7) is 8.92. The number of rotatable bonds is 8. The zero-order valence-corrected chi connectivity index (χ0v) is 13.1. The highest BCUT2D eigenvalue weighted by molar-refractivity contribution is 5.85. The van der Waals surface area contributed by atoms with Gasteiger partial charge in [-0.3, -0.25) is 4.79 Å². The Hall–Kier alpha value is -0.610. The quantitative estimate of drug-likeness (QED) is 0.692. The molecule has 4 heteroatoms. The van der Waals surface area contributed by atoms with E-state index >= 15 is 0 Å². The highest BCUT2D eigenvalue weighted by Gasteiger charge is 2.27. The molecule has 0 bridgehead atoms. The van der Waals surface area contributed by atoms with Crippen LogP contribution in [0.4, 0.5) is 0 Å². The van der Waals surface area contributed by atoms with Gasteiger partial charge in [-0.1, -0.05) is 26.7 Å². The van der Waals surface area contributed by atoms with Gasteiger partial charge in [0.15, 0.2) is 0 Å². The van der Waals surface area contributed by atoms with E-state index in [0.29, 0.717) is 18.5 Å². The standard InChI is InChI=1S/C14H31N3O/c1-8-11(9-2)12(17(6)7)10-16-13(18)14(3,4)15-5/h11-12,15H,8-10H2,1-7H3,(H,16,18). The molecule has 0 aliphatic rings. The fraction of sp³-hybridized carbons (Fsp3) is 0.929. The number of amides is 1. The van der Waals surface area contributed by atoms with E-state index < -0.39 is 5.54 Å². The van der Waals surface area contributed by atoms with Crippen molar-refractivity contribution in [3.05, 3.63) is 0 Å². The first-order valence-corrected chi connectivity index (χ1v) is 6.93. The molecule has 4 nitrogen and oxygen atoms in total. The zero-order chi connectivity index (χ0) is 14.3. The van der Waals surface area contributed by atoms with Gasteiger partial charge in [-0.2, -0.15) is 0 Å². The van der Waals surface area contributed by atoms with E-state index in [1.54, 1.807) is 0 Å². The molecule has 2 N–H and O–H groups in total. The van der Waals surface area contributed by atoms with Crippen LogP contribution < -0.4 is 10.6 Å². The van der Waals surface area contributed by atoms with Crippen molar-refractivity contribution in [3.63, 3.8) is 0 Å². The maximum Gasteiger partial charge on any atom is 0.239 e. The van der Waals surface area contributed by atoms with Gasteiger partial charge in [-0.25, -0.2) is 0 Å². The average Bonchev–Trinajstić information content (AvgIpc) is 2.33. The number of carbonyl (C=O) groups excluding carboxylic acids is 1. The van der Waals surface area contributed by atoms with Gasteiger partial charge in [0.2, 0.25) is 5.91 Å². The SMILES string of the molecule is CCC(CC)C(CNC(=O)C(C)(C)NC)N(C)C. The van der Waals surface area contributed by atoms with E-state index in [1.807, 2.05) is 20.9 Å². The first-order valence-electron chi connectivity index (χ1n) is 6.93. The summed E-state index contributed by atoms with van der Waals surface area (Å²) in [5.41, 5.74) is -0.509. The molecule has 0 saturated heterocycles. The van der Waals surface area contributed by atoms with Crippen molar-refractivity contribution >= 4 is 5.91 Å². The van der Waals surface area contributed by atoms with E-state index in [9.17, 15) is 4.79 Å². The molecule has 1 amide bonds. The molecule has 0 radical (unpaired) electrons. The molecule has 0 aliphatic carbocycles. The number of nitrogens with one attached hydrogen (secondary N) is 2. The number of hydrogen-bond donors (Lipinski definition) is 2.